The number of hydrogen-bond acceptors (Lipinski definition) is 10. The Hall–Kier alpha value is -4.87. The quantitative estimate of drug-likeness (QED) is 0.113. The molecule has 18 heteroatoms. The lowest BCUT2D eigenvalue weighted by Crippen LogP contribution is -2.56. The van der Waals surface area contributed by atoms with Crippen molar-refractivity contribution in [3.63, 3.8) is 0 Å². The van der Waals surface area contributed by atoms with Crippen LogP contribution in [0.5, 0.6) is 0 Å². The van der Waals surface area contributed by atoms with E-state index in [2.05, 4.69) is 19.8 Å². The van der Waals surface area contributed by atoms with Gasteiger partial charge in [-0.25, -0.2) is 22.6 Å². The number of hydrazine groups is 1. The van der Waals surface area contributed by atoms with Crippen LogP contribution in [0.2, 0.25) is 0 Å². The van der Waals surface area contributed by atoms with E-state index in [4.69, 9.17) is 4.84 Å². The Bertz CT molecular complexity index is 1640. The zero-order chi connectivity index (χ0) is 32.2. The summed E-state index contributed by atoms with van der Waals surface area (Å²) in [5, 5.41) is 19.9. The molecule has 2 aromatic carbocycles. The van der Waals surface area contributed by atoms with E-state index < -0.39 is 46.2 Å². The molecule has 1 fully saturated rings. The average molecular weight is 641 g/mol. The van der Waals surface area contributed by atoms with Gasteiger partial charge in [0, 0.05) is 12.5 Å². The largest absolute Gasteiger partial charge is 0.569 e. The molecular weight excluding hydrogens is 613 g/mol. The maximum absolute atomic E-state index is 13.5. The van der Waals surface area contributed by atoms with Crippen LogP contribution >= 0.6 is 0 Å². The lowest BCUT2D eigenvalue weighted by Gasteiger charge is -2.32. The second-order valence-electron chi connectivity index (χ2n) is 9.53. The van der Waals surface area contributed by atoms with Crippen molar-refractivity contribution in [1.29, 1.82) is 0 Å². The molecule has 0 radical (unpaired) electrons. The number of halogens is 3. The molecule has 1 N–H and O–H groups in total. The number of rotatable bonds is 10. The van der Waals surface area contributed by atoms with E-state index in [0.717, 1.165) is 33.5 Å². The van der Waals surface area contributed by atoms with Crippen molar-refractivity contribution in [3.8, 4) is 16.9 Å². The van der Waals surface area contributed by atoms with Crippen LogP contribution in [0.1, 0.15) is 25.1 Å². The van der Waals surface area contributed by atoms with Crippen LogP contribution in [0.3, 0.4) is 0 Å². The maximum Gasteiger partial charge on any atom is 0.511 e. The lowest BCUT2D eigenvalue weighted by atomic mass is 10.0. The van der Waals surface area contributed by atoms with Crippen LogP contribution < -0.4 is 4.72 Å². The van der Waals surface area contributed by atoms with Crippen molar-refractivity contribution < 1.29 is 50.5 Å². The Morgan fingerprint density at radius 1 is 1.16 bits per heavy atom. The highest BCUT2D eigenvalue weighted by atomic mass is 32.2. The highest BCUT2D eigenvalue weighted by Crippen LogP contribution is 2.33. The first-order valence-electron chi connectivity index (χ1n) is 13.0. The van der Waals surface area contributed by atoms with Crippen molar-refractivity contribution >= 4 is 22.1 Å². The van der Waals surface area contributed by atoms with Gasteiger partial charge in [-0.1, -0.05) is 29.8 Å². The number of hydrogen-bond donors (Lipinski definition) is 1. The second-order valence-corrected chi connectivity index (χ2v) is 11.2. The van der Waals surface area contributed by atoms with Crippen molar-refractivity contribution in [2.24, 2.45) is 11.2 Å². The first kappa shape index (κ1) is 32.1. The third-order valence-corrected chi connectivity index (χ3v) is 7.60. The van der Waals surface area contributed by atoms with Crippen LogP contribution in [0.15, 0.2) is 64.8 Å². The summed E-state index contributed by atoms with van der Waals surface area (Å²) >= 11 is 0. The van der Waals surface area contributed by atoms with E-state index >= 15 is 0 Å². The third kappa shape index (κ3) is 7.55. The molecule has 4 rings (SSSR count). The molecule has 1 amide bonds. The van der Waals surface area contributed by atoms with Crippen LogP contribution in [0.25, 0.3) is 16.9 Å². The summed E-state index contributed by atoms with van der Waals surface area (Å²) in [7, 11) is -4.37. The summed E-state index contributed by atoms with van der Waals surface area (Å²) in [6, 6.07) is 12.4. The molecule has 1 atom stereocenters. The minimum Gasteiger partial charge on any atom is -0.569 e. The minimum atomic E-state index is -4.71. The van der Waals surface area contributed by atoms with Crippen molar-refractivity contribution in [2.75, 3.05) is 19.7 Å². The van der Waals surface area contributed by atoms with E-state index in [-0.39, 0.29) is 40.9 Å². The Morgan fingerprint density at radius 3 is 2.39 bits per heavy atom. The number of aromatic nitrogens is 2. The Balaban J connectivity index is 1.40. The predicted octanol–water partition coefficient (Wildman–Crippen LogP) is 3.93. The number of sulfonamides is 1. The number of amides is 1. The third-order valence-electron chi connectivity index (χ3n) is 6.24. The number of carbonyl (C=O) groups excluding carboxylic acids is 2. The Labute approximate surface area is 249 Å². The number of nitrogens with zero attached hydrogens (tertiary/aromatic N) is 5. The summed E-state index contributed by atoms with van der Waals surface area (Å²) in [5.41, 5.74) is 0.541. The van der Waals surface area contributed by atoms with Gasteiger partial charge in [-0.3, -0.25) is 9.63 Å². The van der Waals surface area contributed by atoms with Gasteiger partial charge in [-0.15, -0.1) is 5.01 Å². The van der Waals surface area contributed by atoms with Gasteiger partial charge in [0.05, 0.1) is 46.9 Å². The van der Waals surface area contributed by atoms with Crippen LogP contribution in [0.4, 0.5) is 18.0 Å². The number of benzene rings is 2. The standard InChI is InChI=1S/C26H27F3N6O8S/c1-4-41-25(37)42-17(3)43-32-35(38)33-14-19(15-33)24(36)31-44(39,40)21-11-9-20(10-12-21)34-22(13-23(30-34)26(27,28)29)18-7-5-16(2)6-8-18/h5-13,17,19H,4,14-15H2,1-3H3,(H,31,36)/b35-32+. The molecule has 236 valence electrons. The molecule has 0 saturated carbocycles. The van der Waals surface area contributed by atoms with Crippen LogP contribution in [-0.4, -0.2) is 66.2 Å². The molecule has 14 nitrogen and oxygen atoms in total. The van der Waals surface area contributed by atoms with Crippen molar-refractivity contribution in [2.45, 2.75) is 38.1 Å². The van der Waals surface area contributed by atoms with E-state index in [9.17, 15) is 36.4 Å². The number of nitrogens with one attached hydrogen (secondary N) is 1. The van der Waals surface area contributed by atoms with Crippen molar-refractivity contribution in [1.82, 2.24) is 19.5 Å². The summed E-state index contributed by atoms with van der Waals surface area (Å²) in [4.78, 5) is 28.2. The highest BCUT2D eigenvalue weighted by Gasteiger charge is 2.40. The topological polar surface area (TPSA) is 167 Å². The summed E-state index contributed by atoms with van der Waals surface area (Å²) in [6.45, 7) is 4.38. The number of aryl methyl sites for hydroxylation is 1. The summed E-state index contributed by atoms with van der Waals surface area (Å²) in [5.74, 6) is -1.77. The zero-order valence-electron chi connectivity index (χ0n) is 23.5. The fourth-order valence-electron chi connectivity index (χ4n) is 3.92. The number of carbonyl (C=O) groups is 2. The zero-order valence-corrected chi connectivity index (χ0v) is 24.3. The highest BCUT2D eigenvalue weighted by molar-refractivity contribution is 7.90. The SMILES string of the molecule is CCOC(=O)OC(C)O/N=[N+](/[O-])N1CC(C(=O)NS(=O)(=O)c2ccc(-n3nc(C(F)(F)F)cc3-c3ccc(C)cc3)cc2)C1. The molecule has 3 aromatic rings. The monoisotopic (exact) mass is 640 g/mol. The van der Waals surface area contributed by atoms with Gasteiger partial charge in [0.2, 0.25) is 11.2 Å². The van der Waals surface area contributed by atoms with E-state index in [1.54, 1.807) is 31.2 Å². The first-order chi connectivity index (χ1) is 20.7. The smallest absolute Gasteiger partial charge is 0.511 e. The van der Waals surface area contributed by atoms with Gasteiger partial charge < -0.3 is 14.7 Å². The molecule has 44 heavy (non-hydrogen) atoms. The molecule has 1 aliphatic heterocycles. The molecule has 1 aliphatic rings. The molecule has 1 unspecified atom stereocenters. The summed E-state index contributed by atoms with van der Waals surface area (Å²) < 4.78 is 78.3. The first-order valence-corrected chi connectivity index (χ1v) is 14.5. The molecule has 0 spiro atoms. The van der Waals surface area contributed by atoms with Gasteiger partial charge in [0.1, 0.15) is 0 Å². The van der Waals surface area contributed by atoms with Gasteiger partial charge >= 0.3 is 12.3 Å². The fourth-order valence-corrected chi connectivity index (χ4v) is 4.96. The Kier molecular flexibility index (Phi) is 9.31. The molecular formula is C26H27F3N6O8S. The van der Waals surface area contributed by atoms with Gasteiger partial charge in [-0.2, -0.15) is 18.3 Å². The van der Waals surface area contributed by atoms with E-state index in [1.807, 2.05) is 11.6 Å². The minimum absolute atomic E-state index is 0.0202. The van der Waals surface area contributed by atoms with Gasteiger partial charge in [-0.05, 0) is 44.2 Å². The average Bonchev–Trinajstić information content (AvgIpc) is 3.38. The number of alkyl halides is 3. The number of ether oxygens (including phenoxy) is 2. The second kappa shape index (κ2) is 12.8. The van der Waals surface area contributed by atoms with E-state index in [0.29, 0.717) is 5.56 Å². The maximum atomic E-state index is 13.5. The lowest BCUT2D eigenvalue weighted by molar-refractivity contribution is -0.727. The van der Waals surface area contributed by atoms with E-state index in [1.165, 1.54) is 19.1 Å². The molecule has 0 bridgehead atoms. The molecule has 1 aromatic heterocycles. The predicted molar refractivity (Wildman–Crippen MR) is 144 cm³/mol. The fraction of sp³-hybridized carbons (Fsp3) is 0.346. The molecule has 2 heterocycles. The molecule has 0 aliphatic carbocycles. The van der Waals surface area contributed by atoms with Crippen LogP contribution in [-0.2, 0) is 35.3 Å². The van der Waals surface area contributed by atoms with Crippen LogP contribution in [0, 0.1) is 18.0 Å². The van der Waals surface area contributed by atoms with Crippen molar-refractivity contribution in [3.05, 3.63) is 71.1 Å². The Morgan fingerprint density at radius 2 is 1.80 bits per heavy atom. The van der Waals surface area contributed by atoms with Gasteiger partial charge in [0.15, 0.2) is 5.69 Å². The summed E-state index contributed by atoms with van der Waals surface area (Å²) in [6.07, 6.45) is -6.97. The van der Waals surface area contributed by atoms with Gasteiger partial charge in [0.25, 0.3) is 16.3 Å². The normalized spacial score (nSPS) is 14.9. The molecule has 1 saturated heterocycles.